The van der Waals surface area contributed by atoms with Gasteiger partial charge in [0.05, 0.1) is 11.8 Å². The van der Waals surface area contributed by atoms with Crippen molar-refractivity contribution in [2.24, 2.45) is 0 Å². The number of benzene rings is 1. The predicted molar refractivity (Wildman–Crippen MR) is 61.1 cm³/mol. The predicted octanol–water partition coefficient (Wildman–Crippen LogP) is 3.69. The first-order chi connectivity index (χ1) is 8.95. The van der Waals surface area contributed by atoms with Crippen LogP contribution in [0.2, 0.25) is 0 Å². The Bertz CT molecular complexity index is 743. The number of halogens is 3. The summed E-state index contributed by atoms with van der Waals surface area (Å²) in [4.78, 5) is 0. The lowest BCUT2D eigenvalue weighted by atomic mass is 10.1. The lowest BCUT2D eigenvalue weighted by Crippen LogP contribution is -2.03. The van der Waals surface area contributed by atoms with Gasteiger partial charge in [0, 0.05) is 5.39 Å². The normalized spacial score (nSPS) is 12.2. The van der Waals surface area contributed by atoms with E-state index >= 15 is 0 Å². The second-order valence-corrected chi connectivity index (χ2v) is 3.97. The van der Waals surface area contributed by atoms with Crippen LogP contribution in [0.3, 0.4) is 0 Å². The summed E-state index contributed by atoms with van der Waals surface area (Å²) in [6.45, 7) is 0. The van der Waals surface area contributed by atoms with Gasteiger partial charge in [0.25, 0.3) is 0 Å². The fourth-order valence-electron chi connectivity index (χ4n) is 1.75. The highest BCUT2D eigenvalue weighted by Gasteiger charge is 2.31. The summed E-state index contributed by atoms with van der Waals surface area (Å²) < 4.78 is 47.9. The monoisotopic (exact) mass is 268 g/mol. The van der Waals surface area contributed by atoms with E-state index in [0.29, 0.717) is 5.39 Å². The van der Waals surface area contributed by atoms with Gasteiger partial charge in [0.2, 0.25) is 5.76 Å². The molecule has 2 aromatic heterocycles. The van der Waals surface area contributed by atoms with Crippen molar-refractivity contribution in [3.8, 4) is 11.5 Å². The Kier molecular flexibility index (Phi) is 2.31. The molecule has 0 aliphatic heterocycles. The number of hydrogen-bond acceptors (Lipinski definition) is 4. The van der Waals surface area contributed by atoms with Crippen molar-refractivity contribution in [3.05, 3.63) is 36.0 Å². The van der Waals surface area contributed by atoms with Crippen LogP contribution in [0.4, 0.5) is 18.9 Å². The zero-order valence-corrected chi connectivity index (χ0v) is 9.36. The van der Waals surface area contributed by atoms with Gasteiger partial charge in [-0.2, -0.15) is 13.2 Å². The lowest BCUT2D eigenvalue weighted by molar-refractivity contribution is -0.137. The molecular formula is C12H7F3N2O2. The van der Waals surface area contributed by atoms with Crippen LogP contribution in [-0.2, 0) is 6.18 Å². The van der Waals surface area contributed by atoms with E-state index in [1.165, 1.54) is 12.3 Å². The number of aromatic nitrogens is 1. The molecule has 2 N–H and O–H groups in total. The fourth-order valence-corrected chi connectivity index (χ4v) is 1.75. The average Bonchev–Trinajstić information content (AvgIpc) is 2.91. The Morgan fingerprint density at radius 3 is 2.58 bits per heavy atom. The largest absolute Gasteiger partial charge is 0.453 e. The standard InChI is InChI=1S/C12H7F3N2O2/c13-12(14,15)7-2-1-6-3-10(18-9(6)4-7)11-8(16)5-17-19-11/h1-5H,16H2. The molecule has 0 spiro atoms. The molecule has 0 atom stereocenters. The van der Waals surface area contributed by atoms with E-state index in [1.807, 2.05) is 0 Å². The van der Waals surface area contributed by atoms with Crippen molar-refractivity contribution in [1.29, 1.82) is 0 Å². The van der Waals surface area contributed by atoms with Crippen molar-refractivity contribution in [2.75, 3.05) is 5.73 Å². The van der Waals surface area contributed by atoms with E-state index in [0.717, 1.165) is 12.1 Å². The number of nitrogen functional groups attached to an aromatic ring is 1. The first-order valence-electron chi connectivity index (χ1n) is 5.26. The van der Waals surface area contributed by atoms with Crippen molar-refractivity contribution in [2.45, 2.75) is 6.18 Å². The molecule has 4 nitrogen and oxygen atoms in total. The number of nitrogens with two attached hydrogens (primary N) is 1. The molecule has 0 unspecified atom stereocenters. The zero-order chi connectivity index (χ0) is 13.6. The highest BCUT2D eigenvalue weighted by atomic mass is 19.4. The summed E-state index contributed by atoms with van der Waals surface area (Å²) in [6.07, 6.45) is -3.12. The molecule has 0 fully saturated rings. The molecule has 3 aromatic rings. The Morgan fingerprint density at radius 1 is 1.16 bits per heavy atom. The number of furan rings is 1. The molecule has 0 saturated carbocycles. The van der Waals surface area contributed by atoms with Crippen molar-refractivity contribution >= 4 is 16.7 Å². The van der Waals surface area contributed by atoms with Gasteiger partial charge in [-0.3, -0.25) is 0 Å². The zero-order valence-electron chi connectivity index (χ0n) is 9.36. The minimum atomic E-state index is -4.41. The Hall–Kier alpha value is -2.44. The maximum absolute atomic E-state index is 12.6. The fraction of sp³-hybridized carbons (Fsp3) is 0.0833. The molecule has 0 aliphatic rings. The van der Waals surface area contributed by atoms with Crippen LogP contribution in [0.15, 0.2) is 39.4 Å². The minimum Gasteiger partial charge on any atom is -0.453 e. The van der Waals surface area contributed by atoms with Crippen LogP contribution in [0.25, 0.3) is 22.5 Å². The van der Waals surface area contributed by atoms with Gasteiger partial charge in [-0.15, -0.1) is 0 Å². The number of fused-ring (bicyclic) bond motifs is 1. The van der Waals surface area contributed by atoms with E-state index in [4.69, 9.17) is 14.7 Å². The molecule has 3 rings (SSSR count). The van der Waals surface area contributed by atoms with Crippen molar-refractivity contribution in [3.63, 3.8) is 0 Å². The van der Waals surface area contributed by atoms with Gasteiger partial charge < -0.3 is 14.7 Å². The Morgan fingerprint density at radius 2 is 1.95 bits per heavy atom. The van der Waals surface area contributed by atoms with Crippen LogP contribution in [0.5, 0.6) is 0 Å². The summed E-state index contributed by atoms with van der Waals surface area (Å²) in [5, 5.41) is 4.01. The number of nitrogens with zero attached hydrogens (tertiary/aromatic N) is 1. The van der Waals surface area contributed by atoms with E-state index < -0.39 is 11.7 Å². The first kappa shape index (κ1) is 11.6. The van der Waals surface area contributed by atoms with E-state index in [9.17, 15) is 13.2 Å². The number of alkyl halides is 3. The summed E-state index contributed by atoms with van der Waals surface area (Å²) in [6, 6.07) is 4.81. The van der Waals surface area contributed by atoms with Crippen LogP contribution in [0.1, 0.15) is 5.56 Å². The molecule has 0 radical (unpaired) electrons. The highest BCUT2D eigenvalue weighted by Crippen LogP contribution is 2.35. The smallest absolute Gasteiger partial charge is 0.416 e. The topological polar surface area (TPSA) is 65.2 Å². The second kappa shape index (κ2) is 3.78. The highest BCUT2D eigenvalue weighted by molar-refractivity contribution is 5.84. The second-order valence-electron chi connectivity index (χ2n) is 3.97. The van der Waals surface area contributed by atoms with E-state index in [2.05, 4.69) is 5.16 Å². The Labute approximate surface area is 104 Å². The molecule has 19 heavy (non-hydrogen) atoms. The molecular weight excluding hydrogens is 261 g/mol. The van der Waals surface area contributed by atoms with Gasteiger partial charge in [0.1, 0.15) is 11.3 Å². The summed E-state index contributed by atoms with van der Waals surface area (Å²) in [5.74, 6) is 0.439. The lowest BCUT2D eigenvalue weighted by Gasteiger charge is -2.04. The molecule has 98 valence electrons. The van der Waals surface area contributed by atoms with Crippen LogP contribution < -0.4 is 5.73 Å². The summed E-state index contributed by atoms with van der Waals surface area (Å²) >= 11 is 0. The molecule has 7 heteroatoms. The molecule has 0 bridgehead atoms. The third-order valence-electron chi connectivity index (χ3n) is 2.67. The van der Waals surface area contributed by atoms with Gasteiger partial charge in [-0.25, -0.2) is 0 Å². The Balaban J connectivity index is 2.14. The number of anilines is 1. The van der Waals surface area contributed by atoms with Crippen molar-refractivity contribution < 1.29 is 22.1 Å². The number of rotatable bonds is 1. The molecule has 2 heterocycles. The molecule has 0 aliphatic carbocycles. The molecule has 0 saturated heterocycles. The van der Waals surface area contributed by atoms with E-state index in [1.54, 1.807) is 6.07 Å². The van der Waals surface area contributed by atoms with Gasteiger partial charge >= 0.3 is 6.18 Å². The van der Waals surface area contributed by atoms with Gasteiger partial charge in [0.15, 0.2) is 5.76 Å². The SMILES string of the molecule is Nc1cnoc1-c1cc2ccc(C(F)(F)F)cc2o1. The summed E-state index contributed by atoms with van der Waals surface area (Å²) in [5.41, 5.74) is 5.20. The van der Waals surface area contributed by atoms with Crippen LogP contribution in [-0.4, -0.2) is 5.16 Å². The average molecular weight is 268 g/mol. The summed E-state index contributed by atoms with van der Waals surface area (Å²) in [7, 11) is 0. The quantitative estimate of drug-likeness (QED) is 0.731. The third kappa shape index (κ3) is 1.92. The maximum Gasteiger partial charge on any atom is 0.416 e. The van der Waals surface area contributed by atoms with Gasteiger partial charge in [-0.05, 0) is 18.2 Å². The van der Waals surface area contributed by atoms with E-state index in [-0.39, 0.29) is 22.8 Å². The third-order valence-corrected chi connectivity index (χ3v) is 2.67. The number of hydrogen-bond donors (Lipinski definition) is 1. The first-order valence-corrected chi connectivity index (χ1v) is 5.26. The van der Waals surface area contributed by atoms with Crippen LogP contribution in [0, 0.1) is 0 Å². The van der Waals surface area contributed by atoms with Gasteiger partial charge in [-0.1, -0.05) is 11.2 Å². The maximum atomic E-state index is 12.6. The molecule has 0 amide bonds. The minimum absolute atomic E-state index is 0.112. The van der Waals surface area contributed by atoms with Crippen LogP contribution >= 0.6 is 0 Å². The molecule has 1 aromatic carbocycles. The van der Waals surface area contributed by atoms with Crippen molar-refractivity contribution in [1.82, 2.24) is 5.16 Å².